The molecule has 0 saturated heterocycles. The zero-order chi connectivity index (χ0) is 42.0. The molecule has 0 saturated carbocycles. The molecule has 0 fully saturated rings. The van der Waals surface area contributed by atoms with E-state index in [1.807, 2.05) is 0 Å². The van der Waals surface area contributed by atoms with Gasteiger partial charge in [-0.15, -0.1) is 0 Å². The number of nitrogens with zero attached hydrogens (tertiary/aromatic N) is 1. The minimum absolute atomic E-state index is 0.0471. The van der Waals surface area contributed by atoms with Gasteiger partial charge in [0.1, 0.15) is 11.2 Å². The molecule has 0 aliphatic heterocycles. The van der Waals surface area contributed by atoms with E-state index < -0.39 is 5.41 Å². The third-order valence-corrected chi connectivity index (χ3v) is 14.0. The van der Waals surface area contributed by atoms with E-state index >= 15 is 0 Å². The molecule has 11 aromatic rings. The van der Waals surface area contributed by atoms with Crippen molar-refractivity contribution in [1.29, 1.82) is 0 Å². The molecule has 2 nitrogen and oxygen atoms in total. The van der Waals surface area contributed by atoms with Crippen LogP contribution in [0.15, 0.2) is 211 Å². The van der Waals surface area contributed by atoms with Crippen LogP contribution in [-0.4, -0.2) is 0 Å². The fourth-order valence-corrected chi connectivity index (χ4v) is 11.5. The number of benzene rings is 10. The van der Waals surface area contributed by atoms with E-state index in [2.05, 4.69) is 232 Å². The Bertz CT molecular complexity index is 3650. The molecule has 2 aliphatic rings. The summed E-state index contributed by atoms with van der Waals surface area (Å²) in [6, 6.07) is 76.7. The number of para-hydroxylation sites is 1. The van der Waals surface area contributed by atoms with Gasteiger partial charge in [0.05, 0.1) is 16.8 Å². The van der Waals surface area contributed by atoms with Crippen LogP contribution in [0.2, 0.25) is 0 Å². The Hall–Kier alpha value is -7.68. The minimum Gasteiger partial charge on any atom is -0.456 e. The normalized spacial score (nSPS) is 13.4. The van der Waals surface area contributed by atoms with Gasteiger partial charge in [0, 0.05) is 27.4 Å². The van der Waals surface area contributed by atoms with Crippen molar-refractivity contribution in [3.63, 3.8) is 0 Å². The van der Waals surface area contributed by atoms with Gasteiger partial charge in [-0.1, -0.05) is 191 Å². The number of furan rings is 1. The van der Waals surface area contributed by atoms with Crippen LogP contribution in [0, 0.1) is 0 Å². The average molecular weight is 806 g/mol. The Morgan fingerprint density at radius 2 is 0.937 bits per heavy atom. The lowest BCUT2D eigenvalue weighted by Crippen LogP contribution is -2.25. The largest absolute Gasteiger partial charge is 0.456 e. The summed E-state index contributed by atoms with van der Waals surface area (Å²) in [5.41, 5.74) is 18.8. The highest BCUT2D eigenvalue weighted by atomic mass is 16.3. The highest BCUT2D eigenvalue weighted by Crippen LogP contribution is 2.63. The van der Waals surface area contributed by atoms with Crippen molar-refractivity contribution in [3.8, 4) is 33.4 Å². The first-order chi connectivity index (χ1) is 30.9. The standard InChI is InChI=1S/C61H43NO/c1-60(2,3)49-34-36-54(45-23-7-6-21-43(45)49)62(55-35-31-38-17-4-5-18-40(38)58(55)47-25-16-30-57-59(47)46-24-11-15-29-56(46)63-57)39-32-33-53-48(37-39)44-22-10-14-28-52(44)61(53)50-26-12-8-19-41(50)42-20-9-13-27-51(42)61/h4-37H,1-3H3. The van der Waals surface area contributed by atoms with Crippen molar-refractivity contribution >= 4 is 60.5 Å². The SMILES string of the molecule is CC(C)(C)c1ccc(N(c2ccc3c(c2)-c2ccccc2C32c3ccccc3-c3ccccc32)c2ccc3ccccc3c2-c2cccc3oc4ccccc4c23)c2ccccc12. The number of anilines is 3. The fourth-order valence-electron chi connectivity index (χ4n) is 11.5. The van der Waals surface area contributed by atoms with Gasteiger partial charge in [-0.2, -0.15) is 0 Å². The molecule has 0 atom stereocenters. The number of rotatable bonds is 4. The van der Waals surface area contributed by atoms with Gasteiger partial charge in [0.25, 0.3) is 0 Å². The Labute approximate surface area is 367 Å². The topological polar surface area (TPSA) is 16.4 Å². The predicted molar refractivity (Wildman–Crippen MR) is 264 cm³/mol. The van der Waals surface area contributed by atoms with E-state index in [1.54, 1.807) is 0 Å². The predicted octanol–water partition coefficient (Wildman–Crippen LogP) is 16.7. The maximum atomic E-state index is 6.56. The number of hydrogen-bond donors (Lipinski definition) is 0. The summed E-state index contributed by atoms with van der Waals surface area (Å²) in [7, 11) is 0. The molecule has 1 spiro atoms. The average Bonchev–Trinajstić information content (AvgIpc) is 3.95. The lowest BCUT2D eigenvalue weighted by atomic mass is 9.70. The maximum absolute atomic E-state index is 6.56. The van der Waals surface area contributed by atoms with E-state index in [-0.39, 0.29) is 5.41 Å². The van der Waals surface area contributed by atoms with Gasteiger partial charge >= 0.3 is 0 Å². The minimum atomic E-state index is -0.421. The van der Waals surface area contributed by atoms with Crippen molar-refractivity contribution in [2.75, 3.05) is 4.90 Å². The van der Waals surface area contributed by atoms with Crippen LogP contribution in [0.5, 0.6) is 0 Å². The third-order valence-electron chi connectivity index (χ3n) is 14.0. The third kappa shape index (κ3) is 4.95. The van der Waals surface area contributed by atoms with E-state index in [4.69, 9.17) is 4.42 Å². The molecule has 0 unspecified atom stereocenters. The molecule has 10 aromatic carbocycles. The summed E-state index contributed by atoms with van der Waals surface area (Å²) in [4.78, 5) is 2.54. The van der Waals surface area contributed by atoms with Gasteiger partial charge in [-0.05, 0) is 114 Å². The van der Waals surface area contributed by atoms with Gasteiger partial charge in [-0.3, -0.25) is 0 Å². The first kappa shape index (κ1) is 36.0. The smallest absolute Gasteiger partial charge is 0.136 e. The number of hydrogen-bond acceptors (Lipinski definition) is 2. The molecule has 0 bridgehead atoms. The van der Waals surface area contributed by atoms with Crippen molar-refractivity contribution in [2.45, 2.75) is 31.6 Å². The molecule has 13 rings (SSSR count). The molecule has 2 heteroatoms. The summed E-state index contributed by atoms with van der Waals surface area (Å²) in [6.45, 7) is 6.95. The van der Waals surface area contributed by atoms with Crippen LogP contribution in [0.3, 0.4) is 0 Å². The number of fused-ring (bicyclic) bond motifs is 15. The van der Waals surface area contributed by atoms with Crippen molar-refractivity contribution in [2.24, 2.45) is 0 Å². The van der Waals surface area contributed by atoms with Crippen LogP contribution in [0.1, 0.15) is 48.6 Å². The second-order valence-electron chi connectivity index (χ2n) is 18.3. The van der Waals surface area contributed by atoms with Crippen LogP contribution >= 0.6 is 0 Å². The molecule has 0 radical (unpaired) electrons. The molecular formula is C61H43NO. The van der Waals surface area contributed by atoms with Crippen molar-refractivity contribution in [1.82, 2.24) is 0 Å². The second-order valence-corrected chi connectivity index (χ2v) is 18.3. The first-order valence-corrected chi connectivity index (χ1v) is 22.1. The Morgan fingerprint density at radius 3 is 1.65 bits per heavy atom. The molecule has 63 heavy (non-hydrogen) atoms. The quantitative estimate of drug-likeness (QED) is 0.176. The van der Waals surface area contributed by atoms with Gasteiger partial charge < -0.3 is 9.32 Å². The second kappa shape index (κ2) is 13.2. The zero-order valence-corrected chi connectivity index (χ0v) is 35.5. The Kier molecular flexibility index (Phi) is 7.52. The summed E-state index contributed by atoms with van der Waals surface area (Å²) >= 11 is 0. The molecular weight excluding hydrogens is 763 g/mol. The van der Waals surface area contributed by atoms with Crippen molar-refractivity contribution < 1.29 is 4.42 Å². The van der Waals surface area contributed by atoms with Crippen LogP contribution in [-0.2, 0) is 10.8 Å². The highest BCUT2D eigenvalue weighted by molar-refractivity contribution is 6.18. The van der Waals surface area contributed by atoms with Gasteiger partial charge in [-0.25, -0.2) is 0 Å². The summed E-state index contributed by atoms with van der Waals surface area (Å²) < 4.78 is 6.56. The maximum Gasteiger partial charge on any atom is 0.136 e. The monoisotopic (exact) mass is 805 g/mol. The first-order valence-electron chi connectivity index (χ1n) is 22.1. The van der Waals surface area contributed by atoms with Crippen LogP contribution in [0.4, 0.5) is 17.1 Å². The van der Waals surface area contributed by atoms with E-state index in [1.165, 1.54) is 77.2 Å². The molecule has 1 aromatic heterocycles. The van der Waals surface area contributed by atoms with Crippen LogP contribution < -0.4 is 4.90 Å². The van der Waals surface area contributed by atoms with Crippen LogP contribution in [0.25, 0.3) is 76.9 Å². The highest BCUT2D eigenvalue weighted by Gasteiger charge is 2.51. The molecule has 0 amide bonds. The summed E-state index contributed by atoms with van der Waals surface area (Å²) in [5.74, 6) is 0. The van der Waals surface area contributed by atoms with E-state index in [0.717, 1.165) is 44.6 Å². The molecule has 298 valence electrons. The summed E-state index contributed by atoms with van der Waals surface area (Å²) in [6.07, 6.45) is 0. The van der Waals surface area contributed by atoms with E-state index in [0.29, 0.717) is 0 Å². The lowest BCUT2D eigenvalue weighted by Gasteiger charge is -2.33. The van der Waals surface area contributed by atoms with Gasteiger partial charge in [0.2, 0.25) is 0 Å². The summed E-state index contributed by atoms with van der Waals surface area (Å²) in [5, 5.41) is 7.11. The van der Waals surface area contributed by atoms with E-state index in [9.17, 15) is 0 Å². The molecule has 1 heterocycles. The fraction of sp³-hybridized carbons (Fsp3) is 0.0820. The molecule has 2 aliphatic carbocycles. The Morgan fingerprint density at radius 1 is 0.397 bits per heavy atom. The zero-order valence-electron chi connectivity index (χ0n) is 35.5. The lowest BCUT2D eigenvalue weighted by molar-refractivity contribution is 0.596. The van der Waals surface area contributed by atoms with Crippen molar-refractivity contribution in [3.05, 3.63) is 234 Å². The molecule has 0 N–H and O–H groups in total. The Balaban J connectivity index is 1.15. The van der Waals surface area contributed by atoms with Gasteiger partial charge in [0.15, 0.2) is 0 Å².